The molecule has 1 rings (SSSR count). The van der Waals surface area contributed by atoms with E-state index in [-0.39, 0.29) is 4.90 Å². The molecule has 3 N–H and O–H groups in total. The summed E-state index contributed by atoms with van der Waals surface area (Å²) in [4.78, 5) is 23.0. The molecule has 0 spiro atoms. The third-order valence-corrected chi connectivity index (χ3v) is 6.56. The van der Waals surface area contributed by atoms with E-state index in [0.717, 1.165) is 4.78 Å². The predicted octanol–water partition coefficient (Wildman–Crippen LogP) is -0.133. The van der Waals surface area contributed by atoms with Gasteiger partial charge in [0.2, 0.25) is 10.0 Å². The molecule has 0 aliphatic rings. The second-order valence-corrected chi connectivity index (χ2v) is 10.7. The largest absolute Gasteiger partial charge is 0.480 e. The minimum atomic E-state index is -3.87. The monoisotopic (exact) mass is 488 g/mol. The molecule has 1 amide bonds. The number of carboxylic acids is 1. The van der Waals surface area contributed by atoms with Gasteiger partial charge in [-0.25, -0.2) is 22.7 Å². The van der Waals surface area contributed by atoms with Gasteiger partial charge in [0.05, 0.1) is 2.88 Å². The molecule has 1 aromatic rings. The van der Waals surface area contributed by atoms with Crippen LogP contribution in [0.15, 0.2) is 11.0 Å². The summed E-state index contributed by atoms with van der Waals surface area (Å²) in [5.74, 6) is -1.38. The van der Waals surface area contributed by atoms with E-state index in [1.54, 1.807) is 28.6 Å². The number of carbonyl (C=O) groups is 2. The molecule has 8 nitrogen and oxygen atoms in total. The summed E-state index contributed by atoms with van der Waals surface area (Å²) < 4.78 is 33.1. The Kier molecular flexibility index (Phi) is 7.08. The van der Waals surface area contributed by atoms with Gasteiger partial charge in [-0.3, -0.25) is 0 Å². The Bertz CT molecular complexity index is 728. The highest BCUT2D eigenvalue weighted by atomic mass is 127. The number of halogens is 1. The van der Waals surface area contributed by atoms with Gasteiger partial charge in [-0.2, -0.15) is 0 Å². The van der Waals surface area contributed by atoms with Crippen molar-refractivity contribution < 1.29 is 27.9 Å². The van der Waals surface area contributed by atoms with Gasteiger partial charge in [-0.05, 0) is 54.2 Å². The first kappa shape index (κ1) is 21.2. The van der Waals surface area contributed by atoms with Crippen molar-refractivity contribution in [1.29, 1.82) is 0 Å². The molecule has 0 fully saturated rings. The van der Waals surface area contributed by atoms with E-state index < -0.39 is 40.3 Å². The molecule has 1 heterocycles. The number of aliphatic carboxylic acids is 1. The Balaban J connectivity index is 2.78. The number of hydrogen-bond acceptors (Lipinski definition) is 6. The van der Waals surface area contributed by atoms with Crippen LogP contribution >= 0.6 is 33.9 Å². The van der Waals surface area contributed by atoms with Crippen molar-refractivity contribution in [1.82, 2.24) is 10.0 Å². The molecule has 1 aromatic heterocycles. The van der Waals surface area contributed by atoms with Crippen LogP contribution in [0.4, 0.5) is 4.79 Å². The van der Waals surface area contributed by atoms with Crippen molar-refractivity contribution in [3.63, 3.8) is 0 Å². The van der Waals surface area contributed by atoms with Crippen LogP contribution in [0.5, 0.6) is 0 Å². The van der Waals surface area contributed by atoms with Crippen LogP contribution in [0.1, 0.15) is 20.8 Å². The smallest absolute Gasteiger partial charge is 0.408 e. The van der Waals surface area contributed by atoms with E-state index in [9.17, 15) is 18.0 Å². The molecule has 0 aliphatic heterocycles. The Labute approximate surface area is 158 Å². The maximum absolute atomic E-state index is 12.3. The lowest BCUT2D eigenvalue weighted by Crippen LogP contribution is -2.49. The maximum Gasteiger partial charge on any atom is 0.408 e. The van der Waals surface area contributed by atoms with Crippen molar-refractivity contribution in [2.75, 3.05) is 6.54 Å². The fourth-order valence-electron chi connectivity index (χ4n) is 1.57. The first-order valence-electron chi connectivity index (χ1n) is 6.80. The molecular weight excluding hydrogens is 470 g/mol. The van der Waals surface area contributed by atoms with Crippen molar-refractivity contribution in [2.45, 2.75) is 37.3 Å². The Morgan fingerprint density at radius 2 is 2.04 bits per heavy atom. The summed E-state index contributed by atoms with van der Waals surface area (Å²) in [7, 11) is -2.10. The first-order valence-corrected chi connectivity index (χ1v) is 10.2. The highest BCUT2D eigenvalue weighted by molar-refractivity contribution is 14.1. The molecule has 1 atom stereocenters. The second-order valence-electron chi connectivity index (χ2n) is 5.88. The molecule has 1 unspecified atom stereocenters. The summed E-state index contributed by atoms with van der Waals surface area (Å²) in [6.07, 6.45) is -0.935. The van der Waals surface area contributed by atoms with Crippen LogP contribution in [-0.4, -0.2) is 51.6 Å². The zero-order chi connectivity index (χ0) is 18.7. The van der Waals surface area contributed by atoms with Crippen LogP contribution in [0, 0.1) is 2.88 Å². The lowest BCUT2D eigenvalue weighted by Gasteiger charge is -2.22. The summed E-state index contributed by atoms with van der Waals surface area (Å²) in [6.45, 7) is 4.39. The van der Waals surface area contributed by atoms with Crippen LogP contribution < -0.4 is 14.8 Å². The van der Waals surface area contributed by atoms with Gasteiger partial charge in [0.15, 0.2) is 7.85 Å². The van der Waals surface area contributed by atoms with Gasteiger partial charge >= 0.3 is 12.1 Å². The standard InChI is InChI=1S/C12H18BIN2O6S2/c1-12(2,3)22-11(19)16-6(10(17)18)5-15-24(20,21)7-4-8(13)23-9(7)14/h4,6,15H,5,13H2,1-3H3,(H,16,19)(H,17,18). The quantitative estimate of drug-likeness (QED) is 0.379. The lowest BCUT2D eigenvalue weighted by atomic mass is 10.1. The fraction of sp³-hybridized carbons (Fsp3) is 0.500. The second kappa shape index (κ2) is 8.02. The summed E-state index contributed by atoms with van der Waals surface area (Å²) in [6, 6.07) is 0.0540. The van der Waals surface area contributed by atoms with E-state index in [1.165, 1.54) is 17.4 Å². The van der Waals surface area contributed by atoms with E-state index >= 15 is 0 Å². The zero-order valence-electron chi connectivity index (χ0n) is 13.5. The average molecular weight is 488 g/mol. The molecule has 12 heteroatoms. The molecule has 24 heavy (non-hydrogen) atoms. The third kappa shape index (κ3) is 6.57. The fourth-order valence-corrected chi connectivity index (χ4v) is 5.87. The Morgan fingerprint density at radius 1 is 1.46 bits per heavy atom. The number of sulfonamides is 1. The predicted molar refractivity (Wildman–Crippen MR) is 101 cm³/mol. The molecule has 0 bridgehead atoms. The SMILES string of the molecule is Bc1cc(S(=O)(=O)NCC(NC(=O)OC(C)(C)C)C(=O)O)c(I)s1. The number of nitrogens with one attached hydrogen (secondary N) is 2. The lowest BCUT2D eigenvalue weighted by molar-refractivity contribution is -0.139. The topological polar surface area (TPSA) is 122 Å². The zero-order valence-corrected chi connectivity index (χ0v) is 17.3. The first-order chi connectivity index (χ1) is 10.8. The van der Waals surface area contributed by atoms with Crippen molar-refractivity contribution >= 4 is 68.6 Å². The highest BCUT2D eigenvalue weighted by Gasteiger charge is 2.27. The maximum atomic E-state index is 12.3. The van der Waals surface area contributed by atoms with Crippen molar-refractivity contribution in [3.05, 3.63) is 8.95 Å². The number of alkyl carbamates (subject to hydrolysis) is 1. The third-order valence-electron chi connectivity index (χ3n) is 2.53. The summed E-state index contributed by atoms with van der Waals surface area (Å²) in [5.41, 5.74) is -0.795. The van der Waals surface area contributed by atoms with E-state index in [4.69, 9.17) is 9.84 Å². The van der Waals surface area contributed by atoms with Gasteiger partial charge < -0.3 is 15.2 Å². The normalized spacial score (nSPS) is 13.3. The molecule has 0 aliphatic carbocycles. The van der Waals surface area contributed by atoms with E-state index in [2.05, 4.69) is 10.0 Å². The Morgan fingerprint density at radius 3 is 2.46 bits per heavy atom. The van der Waals surface area contributed by atoms with Gasteiger partial charge in [0, 0.05) is 6.54 Å². The molecular formula is C12H18BIN2O6S2. The van der Waals surface area contributed by atoms with Gasteiger partial charge in [0.1, 0.15) is 16.5 Å². The number of carbonyl (C=O) groups excluding carboxylic acids is 1. The molecule has 0 radical (unpaired) electrons. The number of hydrogen-bond donors (Lipinski definition) is 3. The van der Waals surface area contributed by atoms with Crippen LogP contribution in [0.2, 0.25) is 0 Å². The van der Waals surface area contributed by atoms with E-state index in [1.807, 2.05) is 22.6 Å². The molecule has 0 aromatic carbocycles. The van der Waals surface area contributed by atoms with Crippen LogP contribution in [-0.2, 0) is 19.6 Å². The number of carboxylic acid groups (broad SMARTS) is 1. The minimum Gasteiger partial charge on any atom is -0.480 e. The van der Waals surface area contributed by atoms with Crippen molar-refractivity contribution in [2.24, 2.45) is 0 Å². The van der Waals surface area contributed by atoms with Crippen molar-refractivity contribution in [3.8, 4) is 0 Å². The molecule has 134 valence electrons. The Hall–Kier alpha value is -0.855. The number of ether oxygens (including phenoxy) is 1. The van der Waals surface area contributed by atoms with E-state index in [0.29, 0.717) is 2.88 Å². The molecule has 0 saturated carbocycles. The summed E-state index contributed by atoms with van der Waals surface area (Å²) in [5, 5.41) is 11.3. The van der Waals surface area contributed by atoms with Gasteiger partial charge in [-0.15, -0.1) is 11.3 Å². The van der Waals surface area contributed by atoms with Crippen LogP contribution in [0.25, 0.3) is 0 Å². The average Bonchev–Trinajstić information content (AvgIpc) is 2.72. The van der Waals surface area contributed by atoms with Crippen LogP contribution in [0.3, 0.4) is 0 Å². The number of thiophene rings is 1. The van der Waals surface area contributed by atoms with Gasteiger partial charge in [0.25, 0.3) is 0 Å². The van der Waals surface area contributed by atoms with Gasteiger partial charge in [-0.1, -0.05) is 0 Å². The molecule has 0 saturated heterocycles. The highest BCUT2D eigenvalue weighted by Crippen LogP contribution is 2.21. The number of rotatable bonds is 6. The number of amides is 1. The summed E-state index contributed by atoms with van der Waals surface area (Å²) >= 11 is 3.22. The minimum absolute atomic E-state index is 0.0898.